The van der Waals surface area contributed by atoms with Crippen LogP contribution >= 0.6 is 0 Å². The second-order valence-electron chi connectivity index (χ2n) is 9.53. The number of nitrogens with zero attached hydrogens (tertiary/aromatic N) is 1. The van der Waals surface area contributed by atoms with Crippen LogP contribution in [0.25, 0.3) is 22.3 Å². The summed E-state index contributed by atoms with van der Waals surface area (Å²) in [5.41, 5.74) is 7.56. The lowest BCUT2D eigenvalue weighted by atomic mass is 9.99. The number of carbonyl (C=O) groups is 2. The van der Waals surface area contributed by atoms with Crippen molar-refractivity contribution in [2.45, 2.75) is 13.8 Å². The van der Waals surface area contributed by atoms with Gasteiger partial charge in [0, 0.05) is 30.1 Å². The standard InChI is InChI=1S/C33H28FN3O2/c1-21-8-10-23(11-9-21)24-14-18-27(19-15-24)35-33(39)31-22(2)30(20-37(31)3)36-32(38)29-7-5-4-6-28(29)25-12-16-26(34)17-13-25/h4-20H,1-3H3,(H,35,39)(H,36,38). The Balaban J connectivity index is 1.33. The number of aromatic nitrogens is 1. The molecule has 1 aromatic heterocycles. The van der Waals surface area contributed by atoms with Crippen LogP contribution in [0.1, 0.15) is 32.0 Å². The van der Waals surface area contributed by atoms with E-state index in [1.807, 2.05) is 36.4 Å². The third-order valence-electron chi connectivity index (χ3n) is 6.75. The Bertz CT molecular complexity index is 1650. The molecule has 5 aromatic rings. The summed E-state index contributed by atoms with van der Waals surface area (Å²) in [6.45, 7) is 3.86. The van der Waals surface area contributed by atoms with Crippen molar-refractivity contribution >= 4 is 23.2 Å². The van der Waals surface area contributed by atoms with Crippen molar-refractivity contribution in [3.63, 3.8) is 0 Å². The Hall–Kier alpha value is -4.97. The van der Waals surface area contributed by atoms with E-state index in [-0.39, 0.29) is 17.6 Å². The second-order valence-corrected chi connectivity index (χ2v) is 9.53. The number of amides is 2. The molecular formula is C33H28FN3O2. The number of hydrogen-bond acceptors (Lipinski definition) is 2. The Morgan fingerprint density at radius 1 is 0.692 bits per heavy atom. The van der Waals surface area contributed by atoms with Gasteiger partial charge in [-0.05, 0) is 66.4 Å². The molecule has 1 heterocycles. The van der Waals surface area contributed by atoms with Gasteiger partial charge in [0.05, 0.1) is 5.69 Å². The number of benzene rings is 4. The predicted octanol–water partition coefficient (Wildman–Crippen LogP) is 7.62. The zero-order valence-electron chi connectivity index (χ0n) is 22.0. The van der Waals surface area contributed by atoms with Crippen molar-refractivity contribution < 1.29 is 14.0 Å². The minimum Gasteiger partial charge on any atom is -0.344 e. The molecule has 0 aliphatic rings. The van der Waals surface area contributed by atoms with Crippen molar-refractivity contribution in [3.8, 4) is 22.3 Å². The van der Waals surface area contributed by atoms with Gasteiger partial charge in [-0.25, -0.2) is 4.39 Å². The molecule has 0 saturated heterocycles. The Morgan fingerprint density at radius 2 is 1.28 bits per heavy atom. The van der Waals surface area contributed by atoms with Crippen LogP contribution in [0, 0.1) is 19.7 Å². The molecule has 0 fully saturated rings. The molecular weight excluding hydrogens is 489 g/mol. The van der Waals surface area contributed by atoms with Gasteiger partial charge in [0.2, 0.25) is 0 Å². The first-order chi connectivity index (χ1) is 18.8. The fourth-order valence-electron chi connectivity index (χ4n) is 4.64. The van der Waals surface area contributed by atoms with Gasteiger partial charge >= 0.3 is 0 Å². The molecule has 5 rings (SSSR count). The summed E-state index contributed by atoms with van der Waals surface area (Å²) in [4.78, 5) is 26.5. The minimum absolute atomic E-state index is 0.273. The van der Waals surface area contributed by atoms with E-state index in [0.29, 0.717) is 33.8 Å². The number of rotatable bonds is 6. The van der Waals surface area contributed by atoms with Gasteiger partial charge in [-0.2, -0.15) is 0 Å². The van der Waals surface area contributed by atoms with Gasteiger partial charge in [-0.15, -0.1) is 0 Å². The molecule has 39 heavy (non-hydrogen) atoms. The summed E-state index contributed by atoms with van der Waals surface area (Å²) in [6, 6.07) is 29.2. The maximum Gasteiger partial charge on any atom is 0.272 e. The van der Waals surface area contributed by atoms with E-state index in [9.17, 15) is 14.0 Å². The van der Waals surface area contributed by atoms with Gasteiger partial charge in [0.1, 0.15) is 11.5 Å². The quantitative estimate of drug-likeness (QED) is 0.243. The van der Waals surface area contributed by atoms with Gasteiger partial charge in [-0.3, -0.25) is 9.59 Å². The molecule has 0 unspecified atom stereocenters. The van der Waals surface area contributed by atoms with Crippen LogP contribution in [0.15, 0.2) is 103 Å². The van der Waals surface area contributed by atoms with E-state index in [0.717, 1.165) is 16.7 Å². The lowest BCUT2D eigenvalue weighted by Crippen LogP contribution is -2.17. The van der Waals surface area contributed by atoms with Crippen molar-refractivity contribution in [2.24, 2.45) is 7.05 Å². The zero-order valence-corrected chi connectivity index (χ0v) is 22.0. The number of carbonyl (C=O) groups excluding carboxylic acids is 2. The average molecular weight is 518 g/mol. The summed E-state index contributed by atoms with van der Waals surface area (Å²) < 4.78 is 15.1. The summed E-state index contributed by atoms with van der Waals surface area (Å²) in [6.07, 6.45) is 1.73. The van der Waals surface area contributed by atoms with Crippen LogP contribution in [-0.4, -0.2) is 16.4 Å². The minimum atomic E-state index is -0.339. The topological polar surface area (TPSA) is 63.1 Å². The molecule has 0 aliphatic heterocycles. The maximum absolute atomic E-state index is 13.4. The third kappa shape index (κ3) is 5.50. The highest BCUT2D eigenvalue weighted by Crippen LogP contribution is 2.28. The second kappa shape index (κ2) is 10.8. The molecule has 0 spiro atoms. The Kier molecular flexibility index (Phi) is 7.10. The van der Waals surface area contributed by atoms with Gasteiger partial charge in [0.15, 0.2) is 0 Å². The number of aryl methyl sites for hydroxylation is 2. The first-order valence-electron chi connectivity index (χ1n) is 12.6. The van der Waals surface area contributed by atoms with Gasteiger partial charge in [-0.1, -0.05) is 72.3 Å². The van der Waals surface area contributed by atoms with E-state index in [1.165, 1.54) is 17.7 Å². The van der Waals surface area contributed by atoms with Crippen LogP contribution in [0.4, 0.5) is 15.8 Å². The average Bonchev–Trinajstić information content (AvgIpc) is 3.22. The molecule has 2 amide bonds. The Morgan fingerprint density at radius 3 is 1.95 bits per heavy atom. The van der Waals surface area contributed by atoms with Crippen LogP contribution in [0.2, 0.25) is 0 Å². The van der Waals surface area contributed by atoms with Crippen LogP contribution in [-0.2, 0) is 7.05 Å². The Labute approximate surface area is 226 Å². The summed E-state index contributed by atoms with van der Waals surface area (Å²) in [5.74, 6) is -0.929. The normalized spacial score (nSPS) is 10.8. The molecule has 194 valence electrons. The highest BCUT2D eigenvalue weighted by Gasteiger charge is 2.20. The molecule has 6 heteroatoms. The largest absolute Gasteiger partial charge is 0.344 e. The summed E-state index contributed by atoms with van der Waals surface area (Å²) in [5, 5.41) is 5.90. The van der Waals surface area contributed by atoms with Gasteiger partial charge < -0.3 is 15.2 Å². The highest BCUT2D eigenvalue weighted by atomic mass is 19.1. The van der Waals surface area contributed by atoms with Crippen LogP contribution in [0.5, 0.6) is 0 Å². The van der Waals surface area contributed by atoms with E-state index >= 15 is 0 Å². The fourth-order valence-corrected chi connectivity index (χ4v) is 4.64. The monoisotopic (exact) mass is 517 g/mol. The first kappa shape index (κ1) is 25.7. The molecule has 0 atom stereocenters. The maximum atomic E-state index is 13.4. The number of anilines is 2. The first-order valence-corrected chi connectivity index (χ1v) is 12.6. The van der Waals surface area contributed by atoms with Gasteiger partial charge in [0.25, 0.3) is 11.8 Å². The van der Waals surface area contributed by atoms with Crippen molar-refractivity contribution in [1.29, 1.82) is 0 Å². The van der Waals surface area contributed by atoms with E-state index in [1.54, 1.807) is 49.0 Å². The van der Waals surface area contributed by atoms with Crippen LogP contribution < -0.4 is 10.6 Å². The number of halogens is 1. The van der Waals surface area contributed by atoms with E-state index in [2.05, 4.69) is 41.8 Å². The zero-order chi connectivity index (χ0) is 27.5. The molecule has 0 radical (unpaired) electrons. The summed E-state index contributed by atoms with van der Waals surface area (Å²) in [7, 11) is 1.77. The molecule has 2 N–H and O–H groups in total. The smallest absolute Gasteiger partial charge is 0.272 e. The lowest BCUT2D eigenvalue weighted by Gasteiger charge is -2.11. The summed E-state index contributed by atoms with van der Waals surface area (Å²) >= 11 is 0. The van der Waals surface area contributed by atoms with Crippen molar-refractivity contribution in [3.05, 3.63) is 131 Å². The van der Waals surface area contributed by atoms with E-state index < -0.39 is 0 Å². The lowest BCUT2D eigenvalue weighted by molar-refractivity contribution is 0.101. The van der Waals surface area contributed by atoms with Crippen LogP contribution in [0.3, 0.4) is 0 Å². The van der Waals surface area contributed by atoms with Crippen molar-refractivity contribution in [1.82, 2.24) is 4.57 Å². The fraction of sp³-hybridized carbons (Fsp3) is 0.0909. The van der Waals surface area contributed by atoms with Crippen molar-refractivity contribution in [2.75, 3.05) is 10.6 Å². The highest BCUT2D eigenvalue weighted by molar-refractivity contribution is 6.11. The number of hydrogen-bond donors (Lipinski definition) is 2. The molecule has 0 bridgehead atoms. The predicted molar refractivity (Wildman–Crippen MR) is 155 cm³/mol. The SMILES string of the molecule is Cc1ccc(-c2ccc(NC(=O)c3c(C)c(NC(=O)c4ccccc4-c4ccc(F)cc4)cn3C)cc2)cc1. The van der Waals surface area contributed by atoms with E-state index in [4.69, 9.17) is 0 Å². The number of nitrogens with one attached hydrogen (secondary N) is 2. The third-order valence-corrected chi connectivity index (χ3v) is 6.75. The molecule has 0 saturated carbocycles. The molecule has 0 aliphatic carbocycles. The molecule has 4 aromatic carbocycles. The molecule has 5 nitrogen and oxygen atoms in total.